The van der Waals surface area contributed by atoms with Gasteiger partial charge in [0.2, 0.25) is 0 Å². The maximum atomic E-state index is 11.6. The van der Waals surface area contributed by atoms with Crippen LogP contribution in [0.1, 0.15) is 21.5 Å². The van der Waals surface area contributed by atoms with Crippen molar-refractivity contribution in [1.29, 1.82) is 0 Å². The lowest BCUT2D eigenvalue weighted by Gasteiger charge is -2.04. The summed E-state index contributed by atoms with van der Waals surface area (Å²) in [5.74, 6) is 3.81. The van der Waals surface area contributed by atoms with E-state index in [0.29, 0.717) is 0 Å². The monoisotopic (exact) mass is 354 g/mol. The standard InChI is InChI=1S/C18H14N2O6/c21-17(22)16-9-8-15(20(24)25)11-14(16)7-4-10-19-18(23)26-12-13-5-2-1-3-6-13/h1-3,5-6,8-9,11H,10,12H2,(H,19,23)(H,21,22). The quantitative estimate of drug-likeness (QED) is 0.484. The number of hydrogen-bond acceptors (Lipinski definition) is 5. The first-order chi connectivity index (χ1) is 12.5. The molecule has 0 aliphatic heterocycles. The number of aromatic carboxylic acids is 1. The van der Waals surface area contributed by atoms with Gasteiger partial charge in [-0.15, -0.1) is 0 Å². The van der Waals surface area contributed by atoms with Crippen LogP contribution in [0.3, 0.4) is 0 Å². The molecule has 0 bridgehead atoms. The molecule has 0 aliphatic carbocycles. The van der Waals surface area contributed by atoms with Gasteiger partial charge in [0.15, 0.2) is 0 Å². The number of non-ortho nitro benzene ring substituents is 1. The predicted octanol–water partition coefficient (Wildman–Crippen LogP) is 2.57. The molecule has 1 amide bonds. The summed E-state index contributed by atoms with van der Waals surface area (Å²) in [7, 11) is 0. The number of nitro benzene ring substituents is 1. The first kappa shape index (κ1) is 18.5. The Morgan fingerprint density at radius 2 is 1.92 bits per heavy atom. The molecule has 0 heterocycles. The molecular formula is C18H14N2O6. The third-order valence-corrected chi connectivity index (χ3v) is 3.20. The highest BCUT2D eigenvalue weighted by Crippen LogP contribution is 2.17. The Morgan fingerprint density at radius 3 is 2.58 bits per heavy atom. The number of nitrogens with zero attached hydrogens (tertiary/aromatic N) is 1. The average Bonchev–Trinajstić information content (AvgIpc) is 2.64. The molecule has 0 aliphatic rings. The van der Waals surface area contributed by atoms with Gasteiger partial charge in [-0.1, -0.05) is 42.2 Å². The molecule has 0 aromatic heterocycles. The third-order valence-electron chi connectivity index (χ3n) is 3.20. The molecule has 2 N–H and O–H groups in total. The van der Waals surface area contributed by atoms with Gasteiger partial charge in [0.25, 0.3) is 5.69 Å². The van der Waals surface area contributed by atoms with Crippen LogP contribution >= 0.6 is 0 Å². The average molecular weight is 354 g/mol. The van der Waals surface area contributed by atoms with Crippen LogP contribution in [0.2, 0.25) is 0 Å². The summed E-state index contributed by atoms with van der Waals surface area (Å²) in [5.41, 5.74) is 0.395. The molecule has 0 unspecified atom stereocenters. The summed E-state index contributed by atoms with van der Waals surface area (Å²) in [4.78, 5) is 32.8. The highest BCUT2D eigenvalue weighted by atomic mass is 16.6. The zero-order valence-corrected chi connectivity index (χ0v) is 13.5. The number of amides is 1. The highest BCUT2D eigenvalue weighted by Gasteiger charge is 2.13. The number of alkyl carbamates (subject to hydrolysis) is 1. The van der Waals surface area contributed by atoms with Crippen LogP contribution < -0.4 is 5.32 Å². The molecule has 0 saturated heterocycles. The lowest BCUT2D eigenvalue weighted by Crippen LogP contribution is -2.24. The Bertz CT molecular complexity index is 884. The molecule has 8 nitrogen and oxygen atoms in total. The number of carbonyl (C=O) groups is 2. The van der Waals surface area contributed by atoms with Crippen LogP contribution in [-0.2, 0) is 11.3 Å². The summed E-state index contributed by atoms with van der Waals surface area (Å²) >= 11 is 0. The van der Waals surface area contributed by atoms with Crippen LogP contribution in [-0.4, -0.2) is 28.6 Å². The van der Waals surface area contributed by atoms with Crippen molar-refractivity contribution in [2.24, 2.45) is 0 Å². The lowest BCUT2D eigenvalue weighted by atomic mass is 10.1. The number of nitrogens with one attached hydrogen (secondary N) is 1. The van der Waals surface area contributed by atoms with Gasteiger partial charge in [-0.2, -0.15) is 0 Å². The highest BCUT2D eigenvalue weighted by molar-refractivity contribution is 5.91. The minimum atomic E-state index is -1.25. The summed E-state index contributed by atoms with van der Waals surface area (Å²) in [6.07, 6.45) is -0.680. The van der Waals surface area contributed by atoms with Crippen LogP contribution in [0.25, 0.3) is 0 Å². The van der Waals surface area contributed by atoms with Crippen LogP contribution in [0.4, 0.5) is 10.5 Å². The summed E-state index contributed by atoms with van der Waals surface area (Å²) in [6.45, 7) is 0.00349. The normalized spacial score (nSPS) is 9.54. The van der Waals surface area contributed by atoms with E-state index < -0.39 is 17.0 Å². The first-order valence-corrected chi connectivity index (χ1v) is 7.42. The van der Waals surface area contributed by atoms with Gasteiger partial charge >= 0.3 is 12.1 Å². The number of hydrogen-bond donors (Lipinski definition) is 2. The van der Waals surface area contributed by atoms with Crippen molar-refractivity contribution >= 4 is 17.7 Å². The fourth-order valence-corrected chi connectivity index (χ4v) is 1.97. The number of nitro groups is 1. The molecule has 26 heavy (non-hydrogen) atoms. The number of ether oxygens (including phenoxy) is 1. The molecule has 0 atom stereocenters. The van der Waals surface area contributed by atoms with Crippen LogP contribution in [0.5, 0.6) is 0 Å². The smallest absolute Gasteiger partial charge is 0.408 e. The van der Waals surface area contributed by atoms with Crippen molar-refractivity contribution in [3.63, 3.8) is 0 Å². The van der Waals surface area contributed by atoms with Gasteiger partial charge in [-0.05, 0) is 11.6 Å². The molecule has 2 rings (SSSR count). The summed E-state index contributed by atoms with van der Waals surface area (Å²) < 4.78 is 4.99. The van der Waals surface area contributed by atoms with Crippen molar-refractivity contribution < 1.29 is 24.4 Å². The van der Waals surface area contributed by atoms with Gasteiger partial charge in [-0.25, -0.2) is 9.59 Å². The van der Waals surface area contributed by atoms with E-state index in [1.807, 2.05) is 30.3 Å². The van der Waals surface area contributed by atoms with Crippen molar-refractivity contribution in [2.45, 2.75) is 6.61 Å². The van der Waals surface area contributed by atoms with Crippen molar-refractivity contribution in [2.75, 3.05) is 6.54 Å². The Kier molecular flexibility index (Phi) is 6.28. The van der Waals surface area contributed by atoms with Crippen molar-refractivity contribution in [3.8, 4) is 11.8 Å². The van der Waals surface area contributed by atoms with Gasteiger partial charge in [0.1, 0.15) is 6.61 Å². The first-order valence-electron chi connectivity index (χ1n) is 7.42. The lowest BCUT2D eigenvalue weighted by molar-refractivity contribution is -0.384. The Morgan fingerprint density at radius 1 is 1.19 bits per heavy atom. The van der Waals surface area contributed by atoms with Crippen molar-refractivity contribution in [1.82, 2.24) is 5.32 Å². The molecule has 8 heteroatoms. The van der Waals surface area contributed by atoms with E-state index >= 15 is 0 Å². The second-order valence-corrected chi connectivity index (χ2v) is 5.01. The topological polar surface area (TPSA) is 119 Å². The number of carboxylic acid groups (broad SMARTS) is 1. The number of carboxylic acids is 1. The van der Waals surface area contributed by atoms with Gasteiger partial charge < -0.3 is 15.2 Å². The van der Waals surface area contributed by atoms with Crippen molar-refractivity contribution in [3.05, 3.63) is 75.3 Å². The second-order valence-electron chi connectivity index (χ2n) is 5.01. The van der Waals surface area contributed by atoms with E-state index in [1.165, 1.54) is 0 Å². The minimum Gasteiger partial charge on any atom is -0.478 e. The summed E-state index contributed by atoms with van der Waals surface area (Å²) in [6, 6.07) is 12.4. The zero-order valence-electron chi connectivity index (χ0n) is 13.5. The van der Waals surface area contributed by atoms with E-state index in [0.717, 1.165) is 23.8 Å². The fraction of sp³-hybridized carbons (Fsp3) is 0.111. The van der Waals surface area contributed by atoms with Crippen LogP contribution in [0, 0.1) is 22.0 Å². The fourth-order valence-electron chi connectivity index (χ4n) is 1.97. The van der Waals surface area contributed by atoms with Gasteiger partial charge in [0, 0.05) is 17.7 Å². The molecule has 0 spiro atoms. The van der Waals surface area contributed by atoms with E-state index in [4.69, 9.17) is 9.84 Å². The second kappa shape index (κ2) is 8.84. The number of benzene rings is 2. The predicted molar refractivity (Wildman–Crippen MR) is 91.6 cm³/mol. The maximum absolute atomic E-state index is 11.6. The molecule has 2 aromatic rings. The van der Waals surface area contributed by atoms with Crippen LogP contribution in [0.15, 0.2) is 48.5 Å². The van der Waals surface area contributed by atoms with Gasteiger partial charge in [-0.3, -0.25) is 10.1 Å². The molecule has 0 fully saturated rings. The minimum absolute atomic E-state index is 0.00819. The van der Waals surface area contributed by atoms with Gasteiger partial charge in [0.05, 0.1) is 17.0 Å². The Hall–Kier alpha value is -3.86. The van der Waals surface area contributed by atoms with E-state index in [2.05, 4.69) is 17.2 Å². The summed E-state index contributed by atoms with van der Waals surface area (Å²) in [5, 5.41) is 22.3. The SMILES string of the molecule is O=C(NCC#Cc1cc([N+](=O)[O-])ccc1C(=O)O)OCc1ccccc1. The number of rotatable bonds is 5. The zero-order chi connectivity index (χ0) is 18.9. The number of carbonyl (C=O) groups excluding carboxylic acids is 1. The molecule has 132 valence electrons. The third kappa shape index (κ3) is 5.35. The Labute approximate surface area is 148 Å². The van der Waals surface area contributed by atoms with E-state index in [9.17, 15) is 19.7 Å². The molecule has 2 aromatic carbocycles. The van der Waals surface area contributed by atoms with E-state index in [-0.39, 0.29) is 30.0 Å². The maximum Gasteiger partial charge on any atom is 0.408 e. The molecular weight excluding hydrogens is 340 g/mol. The molecule has 0 radical (unpaired) electrons. The molecule has 0 saturated carbocycles. The van der Waals surface area contributed by atoms with E-state index in [1.54, 1.807) is 0 Å². The Balaban J connectivity index is 1.94. The largest absolute Gasteiger partial charge is 0.478 e.